The van der Waals surface area contributed by atoms with Gasteiger partial charge in [0.15, 0.2) is 0 Å². The Morgan fingerprint density at radius 3 is 2.33 bits per heavy atom. The largest absolute Gasteiger partial charge is 0.368 e. The number of hydrogen-bond donors (Lipinski definition) is 2. The van der Waals surface area contributed by atoms with E-state index >= 15 is 0 Å². The first-order chi connectivity index (χ1) is 13.0. The summed E-state index contributed by atoms with van der Waals surface area (Å²) in [5.74, 6) is -0.227. The molecule has 0 spiro atoms. The maximum absolute atomic E-state index is 12.8. The molecule has 0 fully saturated rings. The summed E-state index contributed by atoms with van der Waals surface area (Å²) in [5, 5.41) is 3.13. The van der Waals surface area contributed by atoms with Crippen LogP contribution in [0.15, 0.2) is 54.6 Å². The van der Waals surface area contributed by atoms with Crippen molar-refractivity contribution in [3.63, 3.8) is 0 Å². The van der Waals surface area contributed by atoms with E-state index in [0.29, 0.717) is 13.0 Å². The van der Waals surface area contributed by atoms with E-state index in [1.165, 1.54) is 0 Å². The average Bonchev–Trinajstić information content (AvgIpc) is 2.66. The summed E-state index contributed by atoms with van der Waals surface area (Å²) in [4.78, 5) is 26.6. The molecule has 1 heterocycles. The topological polar surface area (TPSA) is 75.4 Å². The zero-order valence-electron chi connectivity index (χ0n) is 15.9. The fourth-order valence-electron chi connectivity index (χ4n) is 3.72. The molecule has 2 aromatic rings. The van der Waals surface area contributed by atoms with Gasteiger partial charge in [0.25, 0.3) is 0 Å². The number of hydrogen-bond acceptors (Lipinski definition) is 3. The van der Waals surface area contributed by atoms with Crippen LogP contribution in [-0.2, 0) is 22.6 Å². The molecule has 5 heteroatoms. The molecule has 5 nitrogen and oxygen atoms in total. The normalized spacial score (nSPS) is 18.0. The number of carbonyl (C=O) groups is 2. The number of nitrogens with zero attached hydrogens (tertiary/aromatic N) is 1. The minimum absolute atomic E-state index is 0.0668. The van der Waals surface area contributed by atoms with Crippen LogP contribution in [-0.4, -0.2) is 29.3 Å². The third kappa shape index (κ3) is 4.55. The van der Waals surface area contributed by atoms with E-state index in [-0.39, 0.29) is 30.3 Å². The van der Waals surface area contributed by atoms with Crippen LogP contribution in [0.25, 0.3) is 0 Å². The minimum atomic E-state index is -0.458. The summed E-state index contributed by atoms with van der Waals surface area (Å²) in [6.45, 7) is 4.87. The van der Waals surface area contributed by atoms with Crippen molar-refractivity contribution in [2.24, 2.45) is 11.7 Å². The van der Waals surface area contributed by atoms with Crippen molar-refractivity contribution in [1.29, 1.82) is 0 Å². The van der Waals surface area contributed by atoms with Crippen molar-refractivity contribution in [1.82, 2.24) is 10.2 Å². The molecule has 0 radical (unpaired) electrons. The van der Waals surface area contributed by atoms with Gasteiger partial charge in [-0.15, -0.1) is 0 Å². The van der Waals surface area contributed by atoms with E-state index < -0.39 is 6.04 Å². The van der Waals surface area contributed by atoms with Gasteiger partial charge in [-0.1, -0.05) is 68.4 Å². The summed E-state index contributed by atoms with van der Waals surface area (Å²) in [6.07, 6.45) is 0.547. The van der Waals surface area contributed by atoms with Crippen molar-refractivity contribution in [3.05, 3.63) is 71.3 Å². The van der Waals surface area contributed by atoms with Gasteiger partial charge in [0.05, 0.1) is 18.6 Å². The molecular weight excluding hydrogens is 338 g/mol. The van der Waals surface area contributed by atoms with Crippen LogP contribution in [0.4, 0.5) is 0 Å². The molecule has 0 saturated heterocycles. The van der Waals surface area contributed by atoms with Crippen molar-refractivity contribution in [3.8, 4) is 0 Å². The van der Waals surface area contributed by atoms with Crippen molar-refractivity contribution in [2.45, 2.75) is 38.9 Å². The molecule has 0 aliphatic carbocycles. The van der Waals surface area contributed by atoms with Crippen LogP contribution in [0, 0.1) is 5.92 Å². The maximum Gasteiger partial charge on any atom is 0.235 e. The van der Waals surface area contributed by atoms with E-state index in [1.54, 1.807) is 0 Å². The molecule has 3 N–H and O–H groups in total. The molecular formula is C22H27N3O2. The van der Waals surface area contributed by atoms with Crippen LogP contribution in [0.2, 0.25) is 0 Å². The smallest absolute Gasteiger partial charge is 0.235 e. The minimum Gasteiger partial charge on any atom is -0.368 e. The second kappa shape index (κ2) is 8.35. The summed E-state index contributed by atoms with van der Waals surface area (Å²) in [6, 6.07) is 17.4. The Kier molecular flexibility index (Phi) is 5.91. The van der Waals surface area contributed by atoms with Crippen LogP contribution in [0.1, 0.15) is 36.6 Å². The van der Waals surface area contributed by atoms with E-state index in [1.807, 2.05) is 59.5 Å². The monoisotopic (exact) mass is 365 g/mol. The number of benzene rings is 2. The summed E-state index contributed by atoms with van der Waals surface area (Å²) in [7, 11) is 0. The van der Waals surface area contributed by atoms with Crippen molar-refractivity contribution in [2.75, 3.05) is 6.54 Å². The van der Waals surface area contributed by atoms with E-state index in [2.05, 4.69) is 19.2 Å². The zero-order valence-corrected chi connectivity index (χ0v) is 15.9. The standard InChI is InChI=1S/C22H27N3O2/c1-15(2)21(16-8-4-3-5-9-16)24-20(26)14-25-13-18-11-7-6-10-17(18)12-19(25)22(23)27/h3-11,15,19,21H,12-14H2,1-2H3,(H2,23,27)(H,24,26)/t19-,21?/m0/s1. The Morgan fingerprint density at radius 1 is 1.07 bits per heavy atom. The van der Waals surface area contributed by atoms with E-state index in [9.17, 15) is 9.59 Å². The third-order valence-corrected chi connectivity index (χ3v) is 5.16. The lowest BCUT2D eigenvalue weighted by Gasteiger charge is -2.35. The summed E-state index contributed by atoms with van der Waals surface area (Å²) in [5.41, 5.74) is 8.97. The number of primary amides is 1. The zero-order chi connectivity index (χ0) is 19.4. The van der Waals surface area contributed by atoms with E-state index in [4.69, 9.17) is 5.73 Å². The van der Waals surface area contributed by atoms with Crippen molar-refractivity contribution >= 4 is 11.8 Å². The number of nitrogens with two attached hydrogens (primary N) is 1. The number of amides is 2. The van der Waals surface area contributed by atoms with Crippen LogP contribution >= 0.6 is 0 Å². The summed E-state index contributed by atoms with van der Waals surface area (Å²) >= 11 is 0. The van der Waals surface area contributed by atoms with Gasteiger partial charge in [0.2, 0.25) is 11.8 Å². The van der Waals surface area contributed by atoms with Gasteiger partial charge < -0.3 is 11.1 Å². The highest BCUT2D eigenvalue weighted by atomic mass is 16.2. The first-order valence-electron chi connectivity index (χ1n) is 9.40. The molecule has 2 amide bonds. The molecule has 3 rings (SSSR count). The highest BCUT2D eigenvalue weighted by Gasteiger charge is 2.31. The molecule has 2 atom stereocenters. The lowest BCUT2D eigenvalue weighted by atomic mass is 9.93. The molecule has 2 aromatic carbocycles. The van der Waals surface area contributed by atoms with Crippen LogP contribution < -0.4 is 11.1 Å². The fraction of sp³-hybridized carbons (Fsp3) is 0.364. The predicted octanol–water partition coefficient (Wildman–Crippen LogP) is 2.41. The Morgan fingerprint density at radius 2 is 1.70 bits per heavy atom. The Balaban J connectivity index is 1.73. The van der Waals surface area contributed by atoms with Gasteiger partial charge >= 0.3 is 0 Å². The third-order valence-electron chi connectivity index (χ3n) is 5.16. The average molecular weight is 365 g/mol. The Hall–Kier alpha value is -2.66. The SMILES string of the molecule is CC(C)C(NC(=O)CN1Cc2ccccc2C[C@H]1C(N)=O)c1ccccc1. The highest BCUT2D eigenvalue weighted by molar-refractivity contribution is 5.83. The Labute approximate surface area is 160 Å². The summed E-state index contributed by atoms with van der Waals surface area (Å²) < 4.78 is 0. The van der Waals surface area contributed by atoms with Gasteiger partial charge in [-0.05, 0) is 29.0 Å². The second-order valence-corrected chi connectivity index (χ2v) is 7.50. The predicted molar refractivity (Wildman–Crippen MR) is 106 cm³/mol. The molecule has 0 aromatic heterocycles. The quantitative estimate of drug-likeness (QED) is 0.825. The molecule has 1 aliphatic rings. The van der Waals surface area contributed by atoms with Gasteiger partial charge in [-0.3, -0.25) is 14.5 Å². The molecule has 1 unspecified atom stereocenters. The van der Waals surface area contributed by atoms with Gasteiger partial charge in [0.1, 0.15) is 0 Å². The van der Waals surface area contributed by atoms with Gasteiger partial charge in [0, 0.05) is 6.54 Å². The van der Waals surface area contributed by atoms with Crippen molar-refractivity contribution < 1.29 is 9.59 Å². The van der Waals surface area contributed by atoms with Gasteiger partial charge in [-0.25, -0.2) is 0 Å². The molecule has 1 aliphatic heterocycles. The van der Waals surface area contributed by atoms with Crippen LogP contribution in [0.5, 0.6) is 0 Å². The molecule has 27 heavy (non-hydrogen) atoms. The second-order valence-electron chi connectivity index (χ2n) is 7.50. The number of carbonyl (C=O) groups excluding carboxylic acids is 2. The first-order valence-corrected chi connectivity index (χ1v) is 9.40. The fourth-order valence-corrected chi connectivity index (χ4v) is 3.72. The molecule has 0 bridgehead atoms. The lowest BCUT2D eigenvalue weighted by molar-refractivity contribution is -0.128. The number of fused-ring (bicyclic) bond motifs is 1. The highest BCUT2D eigenvalue weighted by Crippen LogP contribution is 2.24. The molecule has 142 valence electrons. The van der Waals surface area contributed by atoms with Crippen LogP contribution in [0.3, 0.4) is 0 Å². The van der Waals surface area contributed by atoms with Gasteiger partial charge in [-0.2, -0.15) is 0 Å². The molecule has 0 saturated carbocycles. The first kappa shape index (κ1) is 19.1. The number of rotatable bonds is 6. The number of nitrogens with one attached hydrogen (secondary N) is 1. The van der Waals surface area contributed by atoms with E-state index in [0.717, 1.165) is 16.7 Å². The Bertz CT molecular complexity index is 804. The maximum atomic E-state index is 12.8. The lowest BCUT2D eigenvalue weighted by Crippen LogP contribution is -2.52.